The van der Waals surface area contributed by atoms with E-state index in [4.69, 9.17) is 4.74 Å². The largest absolute Gasteiger partial charge is 0.494 e. The molecule has 26 heavy (non-hydrogen) atoms. The Kier molecular flexibility index (Phi) is 6.75. The van der Waals surface area contributed by atoms with Crippen molar-refractivity contribution in [3.63, 3.8) is 0 Å². The Labute approximate surface area is 153 Å². The number of anilines is 2. The fraction of sp³-hybridized carbons (Fsp3) is 0.250. The molecule has 0 saturated heterocycles. The Bertz CT molecular complexity index is 810. The zero-order valence-corrected chi connectivity index (χ0v) is 14.9. The van der Waals surface area contributed by atoms with Gasteiger partial charge in [0.25, 0.3) is 0 Å². The third-order valence-electron chi connectivity index (χ3n) is 3.71. The minimum Gasteiger partial charge on any atom is -0.494 e. The number of nitriles is 1. The van der Waals surface area contributed by atoms with Crippen molar-refractivity contribution in [2.75, 3.05) is 23.4 Å². The van der Waals surface area contributed by atoms with E-state index in [1.165, 1.54) is 11.8 Å². The lowest BCUT2D eigenvalue weighted by Crippen LogP contribution is -2.32. The summed E-state index contributed by atoms with van der Waals surface area (Å²) in [6.45, 7) is 4.09. The molecule has 0 atom stereocenters. The number of nitrogens with one attached hydrogen (secondary N) is 1. The summed E-state index contributed by atoms with van der Waals surface area (Å²) in [4.78, 5) is 25.6. The standard InChI is InChI=1S/C20H21N3O3/c1-3-26-18-10-8-17(9-11-18)22-20(25)12-13-23(15(2)24)19-7-5-4-6-16(19)14-21/h4-11H,3,12-13H2,1-2H3,(H,22,25). The third-order valence-corrected chi connectivity index (χ3v) is 3.71. The molecule has 2 aromatic rings. The van der Waals surface area contributed by atoms with Gasteiger partial charge in [-0.2, -0.15) is 5.26 Å². The number of carbonyl (C=O) groups is 2. The van der Waals surface area contributed by atoms with Crippen LogP contribution in [0.4, 0.5) is 11.4 Å². The molecular formula is C20H21N3O3. The van der Waals surface area contributed by atoms with E-state index in [1.54, 1.807) is 48.5 Å². The van der Waals surface area contributed by atoms with E-state index in [9.17, 15) is 14.9 Å². The zero-order valence-electron chi connectivity index (χ0n) is 14.9. The molecule has 0 aliphatic heterocycles. The highest BCUT2D eigenvalue weighted by molar-refractivity contribution is 5.95. The van der Waals surface area contributed by atoms with Gasteiger partial charge in [0, 0.05) is 25.6 Å². The van der Waals surface area contributed by atoms with Crippen LogP contribution in [0.3, 0.4) is 0 Å². The van der Waals surface area contributed by atoms with Crippen molar-refractivity contribution in [3.8, 4) is 11.8 Å². The molecule has 6 heteroatoms. The number of rotatable bonds is 7. The number of amides is 2. The second-order valence-corrected chi connectivity index (χ2v) is 5.56. The van der Waals surface area contributed by atoms with Crippen LogP contribution in [0.25, 0.3) is 0 Å². The molecule has 0 unspecified atom stereocenters. The van der Waals surface area contributed by atoms with Crippen molar-refractivity contribution in [2.24, 2.45) is 0 Å². The van der Waals surface area contributed by atoms with Crippen molar-refractivity contribution in [1.29, 1.82) is 5.26 Å². The van der Waals surface area contributed by atoms with E-state index in [0.717, 1.165) is 5.75 Å². The molecular weight excluding hydrogens is 330 g/mol. The fourth-order valence-electron chi connectivity index (χ4n) is 2.49. The van der Waals surface area contributed by atoms with Gasteiger partial charge in [-0.15, -0.1) is 0 Å². The molecule has 0 aromatic heterocycles. The van der Waals surface area contributed by atoms with Gasteiger partial charge in [0.15, 0.2) is 0 Å². The first-order valence-electron chi connectivity index (χ1n) is 8.35. The van der Waals surface area contributed by atoms with Gasteiger partial charge in [0.1, 0.15) is 11.8 Å². The Morgan fingerprint density at radius 1 is 1.15 bits per heavy atom. The van der Waals surface area contributed by atoms with Gasteiger partial charge in [0.2, 0.25) is 11.8 Å². The van der Waals surface area contributed by atoms with Crippen molar-refractivity contribution in [1.82, 2.24) is 0 Å². The summed E-state index contributed by atoms with van der Waals surface area (Å²) >= 11 is 0. The predicted octanol–water partition coefficient (Wildman–Crippen LogP) is 3.34. The van der Waals surface area contributed by atoms with E-state index in [-0.39, 0.29) is 24.8 Å². The van der Waals surface area contributed by atoms with Crippen LogP contribution >= 0.6 is 0 Å². The molecule has 2 rings (SSSR count). The second-order valence-electron chi connectivity index (χ2n) is 5.56. The summed E-state index contributed by atoms with van der Waals surface area (Å²) in [6, 6.07) is 16.0. The van der Waals surface area contributed by atoms with Crippen molar-refractivity contribution < 1.29 is 14.3 Å². The fourth-order valence-corrected chi connectivity index (χ4v) is 2.49. The Hall–Kier alpha value is -3.33. The normalized spacial score (nSPS) is 9.88. The molecule has 0 spiro atoms. The van der Waals surface area contributed by atoms with E-state index < -0.39 is 0 Å². The molecule has 0 fully saturated rings. The smallest absolute Gasteiger partial charge is 0.226 e. The van der Waals surface area contributed by atoms with E-state index >= 15 is 0 Å². The van der Waals surface area contributed by atoms with Gasteiger partial charge in [0.05, 0.1) is 17.9 Å². The van der Waals surface area contributed by atoms with Gasteiger partial charge >= 0.3 is 0 Å². The molecule has 134 valence electrons. The molecule has 2 amide bonds. The van der Waals surface area contributed by atoms with E-state index in [1.807, 2.05) is 6.92 Å². The average Bonchev–Trinajstić information content (AvgIpc) is 2.64. The summed E-state index contributed by atoms with van der Waals surface area (Å²) in [7, 11) is 0. The highest BCUT2D eigenvalue weighted by Crippen LogP contribution is 2.20. The van der Waals surface area contributed by atoms with Crippen molar-refractivity contribution in [2.45, 2.75) is 20.3 Å². The molecule has 0 radical (unpaired) electrons. The highest BCUT2D eigenvalue weighted by atomic mass is 16.5. The minimum absolute atomic E-state index is 0.118. The molecule has 2 aromatic carbocycles. The predicted molar refractivity (Wildman–Crippen MR) is 100 cm³/mol. The average molecular weight is 351 g/mol. The molecule has 1 N–H and O–H groups in total. The summed E-state index contributed by atoms with van der Waals surface area (Å²) in [6.07, 6.45) is 0.118. The lowest BCUT2D eigenvalue weighted by atomic mass is 10.1. The van der Waals surface area contributed by atoms with Gasteiger partial charge < -0.3 is 15.0 Å². The molecule has 0 aliphatic rings. The van der Waals surface area contributed by atoms with Crippen LogP contribution < -0.4 is 15.0 Å². The summed E-state index contributed by atoms with van der Waals surface area (Å²) in [5.41, 5.74) is 1.57. The SMILES string of the molecule is CCOc1ccc(NC(=O)CCN(C(C)=O)c2ccccc2C#N)cc1. The van der Waals surface area contributed by atoms with E-state index in [0.29, 0.717) is 23.5 Å². The number of benzene rings is 2. The van der Waals surface area contributed by atoms with Gasteiger partial charge in [-0.3, -0.25) is 9.59 Å². The second kappa shape index (κ2) is 9.23. The lowest BCUT2D eigenvalue weighted by molar-refractivity contribution is -0.117. The maximum Gasteiger partial charge on any atom is 0.226 e. The van der Waals surface area contributed by atoms with E-state index in [2.05, 4.69) is 11.4 Å². The molecule has 6 nitrogen and oxygen atoms in total. The topological polar surface area (TPSA) is 82.4 Å². The monoisotopic (exact) mass is 351 g/mol. The maximum atomic E-state index is 12.2. The summed E-state index contributed by atoms with van der Waals surface area (Å²) in [5, 5.41) is 12.0. The summed E-state index contributed by atoms with van der Waals surface area (Å²) in [5.74, 6) is 0.304. The van der Waals surface area contributed by atoms with Crippen LogP contribution in [0.15, 0.2) is 48.5 Å². The van der Waals surface area contributed by atoms with Crippen LogP contribution in [0.1, 0.15) is 25.8 Å². The van der Waals surface area contributed by atoms with Gasteiger partial charge in [-0.25, -0.2) is 0 Å². The Morgan fingerprint density at radius 2 is 1.85 bits per heavy atom. The first-order valence-corrected chi connectivity index (χ1v) is 8.35. The Balaban J connectivity index is 1.99. The quantitative estimate of drug-likeness (QED) is 0.829. The maximum absolute atomic E-state index is 12.2. The molecule has 0 saturated carbocycles. The molecule has 0 bridgehead atoms. The number of hydrogen-bond donors (Lipinski definition) is 1. The number of para-hydroxylation sites is 1. The Morgan fingerprint density at radius 3 is 2.46 bits per heavy atom. The van der Waals surface area contributed by atoms with Crippen LogP contribution in [0, 0.1) is 11.3 Å². The number of hydrogen-bond acceptors (Lipinski definition) is 4. The van der Waals surface area contributed by atoms with Crippen LogP contribution in [0.2, 0.25) is 0 Å². The minimum atomic E-state index is -0.221. The van der Waals surface area contributed by atoms with Crippen molar-refractivity contribution in [3.05, 3.63) is 54.1 Å². The number of carbonyl (C=O) groups excluding carboxylic acids is 2. The highest BCUT2D eigenvalue weighted by Gasteiger charge is 2.16. The number of nitrogens with zero attached hydrogens (tertiary/aromatic N) is 2. The summed E-state index contributed by atoms with van der Waals surface area (Å²) < 4.78 is 5.36. The van der Waals surface area contributed by atoms with Crippen molar-refractivity contribution >= 4 is 23.2 Å². The molecule has 0 heterocycles. The van der Waals surface area contributed by atoms with Crippen LogP contribution in [-0.2, 0) is 9.59 Å². The zero-order chi connectivity index (χ0) is 18.9. The first kappa shape index (κ1) is 19.0. The third kappa shape index (κ3) is 5.08. The first-order chi connectivity index (χ1) is 12.5. The van der Waals surface area contributed by atoms with Crippen LogP contribution in [-0.4, -0.2) is 25.0 Å². The van der Waals surface area contributed by atoms with Gasteiger partial charge in [-0.1, -0.05) is 12.1 Å². The lowest BCUT2D eigenvalue weighted by Gasteiger charge is -2.22. The van der Waals surface area contributed by atoms with Gasteiger partial charge in [-0.05, 0) is 43.3 Å². The number of ether oxygens (including phenoxy) is 1. The molecule has 0 aliphatic carbocycles. The van der Waals surface area contributed by atoms with Crippen LogP contribution in [0.5, 0.6) is 5.75 Å².